The predicted molar refractivity (Wildman–Crippen MR) is 116 cm³/mol. The lowest BCUT2D eigenvalue weighted by Crippen LogP contribution is -2.52. The summed E-state index contributed by atoms with van der Waals surface area (Å²) in [6.45, 7) is 3.87. The molecule has 2 N–H and O–H groups in total. The second-order valence-electron chi connectivity index (χ2n) is 8.03. The van der Waals surface area contributed by atoms with E-state index in [9.17, 15) is 18.4 Å². The van der Waals surface area contributed by atoms with Crippen molar-refractivity contribution in [2.45, 2.75) is 19.9 Å². The first-order valence-electron chi connectivity index (χ1n) is 10.2. The van der Waals surface area contributed by atoms with Crippen LogP contribution in [0.25, 0.3) is 11.2 Å². The first-order valence-corrected chi connectivity index (χ1v) is 10.2. The van der Waals surface area contributed by atoms with Crippen LogP contribution in [0.2, 0.25) is 0 Å². The lowest BCUT2D eigenvalue weighted by Gasteiger charge is -2.47. The molecular formula is C22H19F2N7O2. The molecule has 0 saturated carbocycles. The van der Waals surface area contributed by atoms with Crippen molar-refractivity contribution >= 4 is 23.1 Å². The van der Waals surface area contributed by atoms with Crippen LogP contribution in [-0.2, 0) is 0 Å². The number of hydrogen-bond donors (Lipinski definition) is 1. The summed E-state index contributed by atoms with van der Waals surface area (Å²) in [6, 6.07) is 5.94. The number of halogens is 2. The van der Waals surface area contributed by atoms with Crippen molar-refractivity contribution in [2.24, 2.45) is 5.92 Å². The van der Waals surface area contributed by atoms with Crippen molar-refractivity contribution in [3.8, 4) is 5.69 Å². The molecule has 1 unspecified atom stereocenters. The van der Waals surface area contributed by atoms with Gasteiger partial charge in [-0.25, -0.2) is 18.3 Å². The maximum atomic E-state index is 14.4. The number of nitrogens with two attached hydrogens (primary N) is 1. The molecule has 11 heteroatoms. The van der Waals surface area contributed by atoms with Gasteiger partial charge in [0.05, 0.1) is 17.3 Å². The fourth-order valence-corrected chi connectivity index (χ4v) is 4.24. The molecule has 1 fully saturated rings. The van der Waals surface area contributed by atoms with Gasteiger partial charge in [0.25, 0.3) is 5.56 Å². The molecular weight excluding hydrogens is 432 g/mol. The van der Waals surface area contributed by atoms with Gasteiger partial charge in [-0.05, 0) is 37.3 Å². The highest BCUT2D eigenvalue weighted by Gasteiger charge is 2.43. The number of anilines is 2. The molecule has 9 nitrogen and oxygen atoms in total. The summed E-state index contributed by atoms with van der Waals surface area (Å²) in [5, 5.41) is 4.55. The van der Waals surface area contributed by atoms with E-state index in [1.165, 1.54) is 52.7 Å². The second kappa shape index (κ2) is 7.47. The number of ketones is 1. The van der Waals surface area contributed by atoms with Crippen LogP contribution in [0.4, 0.5) is 20.5 Å². The third kappa shape index (κ3) is 3.23. The van der Waals surface area contributed by atoms with Crippen molar-refractivity contribution in [2.75, 3.05) is 17.2 Å². The molecule has 0 radical (unpaired) electrons. The van der Waals surface area contributed by atoms with Crippen LogP contribution in [-0.4, -0.2) is 36.5 Å². The Morgan fingerprint density at radius 3 is 2.58 bits per heavy atom. The highest BCUT2D eigenvalue weighted by molar-refractivity contribution is 5.98. The maximum Gasteiger partial charge on any atom is 0.285 e. The van der Waals surface area contributed by atoms with E-state index in [0.717, 1.165) is 6.07 Å². The minimum absolute atomic E-state index is 0.000111. The van der Waals surface area contributed by atoms with Gasteiger partial charge in [0.15, 0.2) is 22.9 Å². The Bertz CT molecular complexity index is 1460. The zero-order valence-electron chi connectivity index (χ0n) is 17.7. The molecule has 168 valence electrons. The van der Waals surface area contributed by atoms with Crippen molar-refractivity contribution in [3.05, 3.63) is 76.1 Å². The Morgan fingerprint density at radius 1 is 1.18 bits per heavy atom. The van der Waals surface area contributed by atoms with E-state index in [1.807, 2.05) is 11.8 Å². The molecule has 5 rings (SSSR count). The van der Waals surface area contributed by atoms with Crippen LogP contribution in [0.15, 0.2) is 47.5 Å². The molecule has 1 saturated heterocycles. The number of nitrogens with zero attached hydrogens (tertiary/aromatic N) is 6. The molecule has 4 heterocycles. The molecule has 0 bridgehead atoms. The van der Waals surface area contributed by atoms with Crippen LogP contribution < -0.4 is 16.2 Å². The van der Waals surface area contributed by atoms with Gasteiger partial charge in [0, 0.05) is 24.9 Å². The Morgan fingerprint density at radius 2 is 1.91 bits per heavy atom. The van der Waals surface area contributed by atoms with Gasteiger partial charge < -0.3 is 10.6 Å². The number of Topliss-reactive ketones (excluding diaryl/α,β-unsaturated/α-hetero) is 1. The van der Waals surface area contributed by atoms with E-state index in [-0.39, 0.29) is 28.7 Å². The molecule has 0 amide bonds. The number of rotatable bonds is 4. The summed E-state index contributed by atoms with van der Waals surface area (Å²) in [5.74, 6) is -0.807. The van der Waals surface area contributed by atoms with Crippen LogP contribution >= 0.6 is 0 Å². The average molecular weight is 451 g/mol. The van der Waals surface area contributed by atoms with Crippen LogP contribution in [0.1, 0.15) is 36.1 Å². The Kier molecular flexibility index (Phi) is 4.69. The third-order valence-electron chi connectivity index (χ3n) is 5.81. The van der Waals surface area contributed by atoms with Gasteiger partial charge in [-0.3, -0.25) is 14.2 Å². The van der Waals surface area contributed by atoms with E-state index < -0.39 is 23.2 Å². The van der Waals surface area contributed by atoms with E-state index in [1.54, 1.807) is 0 Å². The van der Waals surface area contributed by atoms with Gasteiger partial charge in [0.2, 0.25) is 5.95 Å². The molecule has 1 aromatic carbocycles. The van der Waals surface area contributed by atoms with E-state index in [2.05, 4.69) is 15.1 Å². The van der Waals surface area contributed by atoms with Crippen LogP contribution in [0, 0.1) is 17.6 Å². The first kappa shape index (κ1) is 20.7. The lowest BCUT2D eigenvalue weighted by molar-refractivity contribution is 0.101. The van der Waals surface area contributed by atoms with Crippen LogP contribution in [0.3, 0.4) is 0 Å². The largest absolute Gasteiger partial charge is 0.368 e. The maximum absolute atomic E-state index is 14.4. The van der Waals surface area contributed by atoms with E-state index >= 15 is 0 Å². The summed E-state index contributed by atoms with van der Waals surface area (Å²) in [5.41, 5.74) is 5.54. The van der Waals surface area contributed by atoms with Gasteiger partial charge in [0.1, 0.15) is 11.6 Å². The number of carbonyl (C=O) groups excluding carboxylic acids is 1. The van der Waals surface area contributed by atoms with Crippen LogP contribution in [0.5, 0.6) is 0 Å². The fraction of sp³-hybridized carbons (Fsp3) is 0.227. The summed E-state index contributed by atoms with van der Waals surface area (Å²) in [7, 11) is 0. The summed E-state index contributed by atoms with van der Waals surface area (Å²) in [4.78, 5) is 35.6. The summed E-state index contributed by atoms with van der Waals surface area (Å²) < 4.78 is 30.4. The number of fused-ring (bicyclic) bond motifs is 1. The second-order valence-corrected chi connectivity index (χ2v) is 8.03. The molecule has 0 spiro atoms. The SMILES string of the molecule is CC(=O)c1cnc(N)nc1N1C[C@H](C)C1c1nn2ccc(F)c2c(=O)n1-c1ccc(F)cc1. The normalized spacial score (nSPS) is 17.9. The first-order chi connectivity index (χ1) is 15.8. The highest BCUT2D eigenvalue weighted by atomic mass is 19.1. The molecule has 2 atom stereocenters. The van der Waals surface area contributed by atoms with Crippen molar-refractivity contribution in [1.82, 2.24) is 24.1 Å². The van der Waals surface area contributed by atoms with E-state index in [4.69, 9.17) is 5.73 Å². The molecule has 1 aliphatic rings. The average Bonchev–Trinajstić information content (AvgIpc) is 3.13. The monoisotopic (exact) mass is 451 g/mol. The smallest absolute Gasteiger partial charge is 0.285 e. The van der Waals surface area contributed by atoms with Crippen molar-refractivity contribution in [1.29, 1.82) is 0 Å². The zero-order chi connectivity index (χ0) is 23.4. The molecule has 4 aromatic rings. The quantitative estimate of drug-likeness (QED) is 0.475. The number of benzene rings is 1. The molecule has 1 aliphatic heterocycles. The fourth-order valence-electron chi connectivity index (χ4n) is 4.24. The number of carbonyl (C=O) groups is 1. The number of hydrogen-bond acceptors (Lipinski definition) is 7. The van der Waals surface area contributed by atoms with E-state index in [0.29, 0.717) is 23.9 Å². The van der Waals surface area contributed by atoms with Gasteiger partial charge >= 0.3 is 0 Å². The minimum atomic E-state index is -0.712. The molecule has 0 aliphatic carbocycles. The number of aromatic nitrogens is 5. The summed E-state index contributed by atoms with van der Waals surface area (Å²) in [6.07, 6.45) is 2.73. The third-order valence-corrected chi connectivity index (χ3v) is 5.81. The highest BCUT2D eigenvalue weighted by Crippen LogP contribution is 2.42. The Labute approximate surface area is 186 Å². The van der Waals surface area contributed by atoms with Crippen molar-refractivity contribution < 1.29 is 13.6 Å². The molecule has 3 aromatic heterocycles. The van der Waals surface area contributed by atoms with Crippen molar-refractivity contribution in [3.63, 3.8) is 0 Å². The molecule has 33 heavy (non-hydrogen) atoms. The number of nitrogen functional groups attached to an aromatic ring is 1. The topological polar surface area (TPSA) is 111 Å². The van der Waals surface area contributed by atoms with Gasteiger partial charge in [-0.1, -0.05) is 6.92 Å². The van der Waals surface area contributed by atoms with Gasteiger partial charge in [-0.2, -0.15) is 10.1 Å². The minimum Gasteiger partial charge on any atom is -0.368 e. The lowest BCUT2D eigenvalue weighted by atomic mass is 9.88. The van der Waals surface area contributed by atoms with Gasteiger partial charge in [-0.15, -0.1) is 0 Å². The Hall–Kier alpha value is -4.15. The Balaban J connectivity index is 1.75. The standard InChI is InChI=1S/C22H19F2N7O2/c1-11-10-29(19-15(12(2)32)9-26-22(25)27-19)17(11)20-28-30-8-7-16(24)18(30)21(33)31(20)14-5-3-13(23)4-6-14/h3-9,11,17H,10H2,1-2H3,(H2,25,26,27)/t11-,17?/m0/s1. The zero-order valence-corrected chi connectivity index (χ0v) is 17.7. The summed E-state index contributed by atoms with van der Waals surface area (Å²) >= 11 is 0. The predicted octanol–water partition coefficient (Wildman–Crippen LogP) is 2.54.